The second-order valence-electron chi connectivity index (χ2n) is 10.5. The molecule has 0 saturated heterocycles. The summed E-state index contributed by atoms with van der Waals surface area (Å²) in [6, 6.07) is 9.83. The van der Waals surface area contributed by atoms with E-state index in [4.69, 9.17) is 52.1 Å². The molecule has 2 aromatic rings. The van der Waals surface area contributed by atoms with Crippen LogP contribution in [0.4, 0.5) is 0 Å². The van der Waals surface area contributed by atoms with E-state index in [9.17, 15) is 9.59 Å². The van der Waals surface area contributed by atoms with E-state index in [-0.39, 0.29) is 30.3 Å². The Bertz CT molecular complexity index is 1170. The van der Waals surface area contributed by atoms with Crippen LogP contribution in [0.1, 0.15) is 49.7 Å². The van der Waals surface area contributed by atoms with Gasteiger partial charge in [-0.2, -0.15) is 0 Å². The Kier molecular flexibility index (Phi) is 7.50. The molecule has 3 saturated carbocycles. The highest BCUT2D eigenvalue weighted by Crippen LogP contribution is 2.51. The number of amides is 2. The van der Waals surface area contributed by atoms with Crippen molar-refractivity contribution in [1.82, 2.24) is 10.6 Å². The quantitative estimate of drug-likeness (QED) is 0.401. The van der Waals surface area contributed by atoms with Crippen LogP contribution in [0, 0.1) is 11.8 Å². The third-order valence-electron chi connectivity index (χ3n) is 8.14. The molecule has 0 aliphatic heterocycles. The van der Waals surface area contributed by atoms with Crippen LogP contribution in [0.25, 0.3) is 0 Å². The van der Waals surface area contributed by atoms with Gasteiger partial charge in [-0.25, -0.2) is 0 Å². The topological polar surface area (TPSA) is 84.2 Å². The van der Waals surface area contributed by atoms with Gasteiger partial charge < -0.3 is 16.4 Å². The predicted octanol–water partition coefficient (Wildman–Crippen LogP) is 5.69. The molecular weight excluding hydrogens is 540 g/mol. The second-order valence-corrected chi connectivity index (χ2v) is 12.2. The molecule has 0 aromatic heterocycles. The average Bonchev–Trinajstić information content (AvgIpc) is 3.58. The zero-order chi connectivity index (χ0) is 25.6. The van der Waals surface area contributed by atoms with E-state index in [0.29, 0.717) is 44.8 Å². The summed E-state index contributed by atoms with van der Waals surface area (Å²) in [7, 11) is 0. The van der Waals surface area contributed by atoms with Gasteiger partial charge in [-0.15, -0.1) is 0 Å². The largest absolute Gasteiger partial charge is 0.351 e. The summed E-state index contributed by atoms with van der Waals surface area (Å²) in [6.07, 6.45) is 5.53. The maximum absolute atomic E-state index is 13.7. The van der Waals surface area contributed by atoms with Crippen LogP contribution < -0.4 is 16.4 Å². The molecular formula is C27H29Cl4N3O2. The molecule has 2 bridgehead atoms. The first-order valence-electron chi connectivity index (χ1n) is 12.4. The molecule has 3 fully saturated rings. The van der Waals surface area contributed by atoms with Crippen molar-refractivity contribution in [2.24, 2.45) is 17.6 Å². The number of halogens is 4. The number of hydrogen-bond acceptors (Lipinski definition) is 3. The number of nitrogens with one attached hydrogen (secondary N) is 2. The molecule has 5 nitrogen and oxygen atoms in total. The molecule has 0 radical (unpaired) electrons. The Morgan fingerprint density at radius 1 is 0.944 bits per heavy atom. The summed E-state index contributed by atoms with van der Waals surface area (Å²) in [4.78, 5) is 27.3. The fourth-order valence-electron chi connectivity index (χ4n) is 6.11. The number of hydrogen-bond donors (Lipinski definition) is 3. The van der Waals surface area contributed by atoms with Gasteiger partial charge >= 0.3 is 0 Å². The molecule has 2 amide bonds. The number of carbonyl (C=O) groups excluding carboxylic acids is 2. The number of carbonyl (C=O) groups is 2. The van der Waals surface area contributed by atoms with Crippen LogP contribution >= 0.6 is 46.4 Å². The number of fused-ring (bicyclic) bond motifs is 2. The Morgan fingerprint density at radius 2 is 1.56 bits per heavy atom. The molecule has 4 N–H and O–H groups in total. The fraction of sp³-hybridized carbons (Fsp3) is 0.481. The molecule has 0 heterocycles. The van der Waals surface area contributed by atoms with Gasteiger partial charge in [0, 0.05) is 38.6 Å². The smallest absolute Gasteiger partial charge is 0.243 e. The Balaban J connectivity index is 1.38. The minimum atomic E-state index is -0.797. The third kappa shape index (κ3) is 5.23. The standard InChI is InChI=1S/C27H29Cl4N3O2/c28-17-4-3-14(21(30)12-17)11-23(25(35)34-24-15-1-2-16(24)10-19(32)9-15)33-26(36)27(7-8-27)20-6-5-18(29)13-22(20)31/h3-6,12-13,15-16,19,23-24H,1-2,7-11,32H2,(H,33,36)(H,34,35). The normalized spacial score (nSPS) is 26.8. The van der Waals surface area contributed by atoms with Gasteiger partial charge in [-0.3, -0.25) is 9.59 Å². The minimum absolute atomic E-state index is 0.0815. The molecule has 192 valence electrons. The number of rotatable bonds is 7. The lowest BCUT2D eigenvalue weighted by Crippen LogP contribution is -2.56. The van der Waals surface area contributed by atoms with E-state index in [1.54, 1.807) is 36.4 Å². The Morgan fingerprint density at radius 3 is 2.14 bits per heavy atom. The first-order valence-corrected chi connectivity index (χ1v) is 13.9. The van der Waals surface area contributed by atoms with E-state index in [0.717, 1.165) is 36.8 Å². The summed E-state index contributed by atoms with van der Waals surface area (Å²) < 4.78 is 0. The molecule has 36 heavy (non-hydrogen) atoms. The maximum atomic E-state index is 13.7. The van der Waals surface area contributed by atoms with Crippen molar-refractivity contribution >= 4 is 58.2 Å². The van der Waals surface area contributed by atoms with Crippen LogP contribution in [0.2, 0.25) is 20.1 Å². The highest BCUT2D eigenvalue weighted by Gasteiger charge is 2.53. The maximum Gasteiger partial charge on any atom is 0.243 e. The van der Waals surface area contributed by atoms with Gasteiger partial charge in [0.1, 0.15) is 6.04 Å². The van der Waals surface area contributed by atoms with Crippen LogP contribution in [0.3, 0.4) is 0 Å². The van der Waals surface area contributed by atoms with Crippen molar-refractivity contribution in [2.45, 2.75) is 68.5 Å². The lowest BCUT2D eigenvalue weighted by molar-refractivity contribution is -0.131. The first kappa shape index (κ1) is 26.1. The molecule has 9 heteroatoms. The highest BCUT2D eigenvalue weighted by atomic mass is 35.5. The van der Waals surface area contributed by atoms with E-state index in [1.807, 2.05) is 0 Å². The predicted molar refractivity (Wildman–Crippen MR) is 145 cm³/mol. The van der Waals surface area contributed by atoms with Crippen molar-refractivity contribution in [3.8, 4) is 0 Å². The molecule has 3 aliphatic carbocycles. The number of nitrogens with two attached hydrogens (primary N) is 1. The Hall–Kier alpha value is -1.50. The van der Waals surface area contributed by atoms with E-state index >= 15 is 0 Å². The van der Waals surface area contributed by atoms with Crippen molar-refractivity contribution in [3.05, 3.63) is 67.6 Å². The highest BCUT2D eigenvalue weighted by molar-refractivity contribution is 6.35. The van der Waals surface area contributed by atoms with Crippen LogP contribution in [0.15, 0.2) is 36.4 Å². The zero-order valence-corrected chi connectivity index (χ0v) is 22.7. The third-order valence-corrected chi connectivity index (χ3v) is 9.27. The zero-order valence-electron chi connectivity index (χ0n) is 19.7. The summed E-state index contributed by atoms with van der Waals surface area (Å²) in [5.41, 5.74) is 6.93. The van der Waals surface area contributed by atoms with Gasteiger partial charge in [-0.1, -0.05) is 58.5 Å². The van der Waals surface area contributed by atoms with E-state index in [1.165, 1.54) is 0 Å². The van der Waals surface area contributed by atoms with Gasteiger partial charge in [-0.05, 0) is 85.8 Å². The van der Waals surface area contributed by atoms with Gasteiger partial charge in [0.15, 0.2) is 0 Å². The molecule has 3 unspecified atom stereocenters. The number of benzene rings is 2. The lowest BCUT2D eigenvalue weighted by atomic mass is 9.81. The van der Waals surface area contributed by atoms with Crippen LogP contribution in [-0.2, 0) is 21.4 Å². The van der Waals surface area contributed by atoms with Gasteiger partial charge in [0.2, 0.25) is 11.8 Å². The molecule has 5 rings (SSSR count). The minimum Gasteiger partial charge on any atom is -0.351 e. The summed E-state index contributed by atoms with van der Waals surface area (Å²) >= 11 is 25.0. The summed E-state index contributed by atoms with van der Waals surface area (Å²) in [5, 5.41) is 8.24. The fourth-order valence-corrected chi connectivity index (χ4v) is 7.18. The SMILES string of the molecule is NC1CC2CCC(C1)C2NC(=O)C(Cc1ccc(Cl)cc1Cl)NC(=O)C1(c2ccc(Cl)cc2Cl)CC1. The second kappa shape index (κ2) is 10.3. The first-order chi connectivity index (χ1) is 17.2. The van der Waals surface area contributed by atoms with Crippen molar-refractivity contribution in [2.75, 3.05) is 0 Å². The van der Waals surface area contributed by atoms with Crippen LogP contribution in [0.5, 0.6) is 0 Å². The molecule has 3 aliphatic rings. The van der Waals surface area contributed by atoms with Crippen molar-refractivity contribution in [3.63, 3.8) is 0 Å². The summed E-state index contributed by atoms with van der Waals surface area (Å²) in [5.74, 6) is 0.331. The Labute approximate surface area is 231 Å². The van der Waals surface area contributed by atoms with Crippen molar-refractivity contribution in [1.29, 1.82) is 0 Å². The lowest BCUT2D eigenvalue weighted by Gasteiger charge is -2.35. The van der Waals surface area contributed by atoms with E-state index in [2.05, 4.69) is 10.6 Å². The van der Waals surface area contributed by atoms with E-state index < -0.39 is 11.5 Å². The molecule has 3 atom stereocenters. The average molecular weight is 569 g/mol. The van der Waals surface area contributed by atoms with Gasteiger partial charge in [0.25, 0.3) is 0 Å². The monoisotopic (exact) mass is 567 g/mol. The summed E-state index contributed by atoms with van der Waals surface area (Å²) in [6.45, 7) is 0. The van der Waals surface area contributed by atoms with Crippen molar-refractivity contribution < 1.29 is 9.59 Å². The molecule has 2 aromatic carbocycles. The van der Waals surface area contributed by atoms with Gasteiger partial charge in [0.05, 0.1) is 5.41 Å². The van der Waals surface area contributed by atoms with Crippen LogP contribution in [-0.4, -0.2) is 29.9 Å². The molecule has 0 spiro atoms.